The fourth-order valence-corrected chi connectivity index (χ4v) is 5.74. The first-order valence-electron chi connectivity index (χ1n) is 13.2. The molecule has 0 spiro atoms. The molecule has 3 aromatic carbocycles. The van der Waals surface area contributed by atoms with Crippen molar-refractivity contribution in [2.24, 2.45) is 0 Å². The van der Waals surface area contributed by atoms with Crippen LogP contribution in [-0.2, 0) is 0 Å². The van der Waals surface area contributed by atoms with Gasteiger partial charge in [-0.15, -0.1) is 0 Å². The number of anilines is 2. The summed E-state index contributed by atoms with van der Waals surface area (Å²) in [5.41, 5.74) is 4.23. The predicted octanol–water partition coefficient (Wildman–Crippen LogP) is 6.68. The molecular formula is C31H34N4O2. The Morgan fingerprint density at radius 1 is 0.946 bits per heavy atom. The number of nitrogens with zero attached hydrogens (tertiary/aromatic N) is 3. The number of hydrogen-bond donors (Lipinski definition) is 1. The third kappa shape index (κ3) is 5.79. The first-order valence-corrected chi connectivity index (χ1v) is 13.2. The molecule has 2 aliphatic rings. The van der Waals surface area contributed by atoms with Crippen LogP contribution in [0, 0.1) is 11.3 Å². The topological polar surface area (TPSA) is 68.6 Å². The molecule has 1 aliphatic heterocycles. The molecule has 1 saturated carbocycles. The van der Waals surface area contributed by atoms with E-state index in [2.05, 4.69) is 16.3 Å². The molecule has 1 N–H and O–H groups in total. The third-order valence-electron chi connectivity index (χ3n) is 7.72. The van der Waals surface area contributed by atoms with Crippen molar-refractivity contribution in [3.63, 3.8) is 0 Å². The molecule has 1 heterocycles. The van der Waals surface area contributed by atoms with Crippen LogP contribution in [-0.4, -0.2) is 43.2 Å². The SMILES string of the molecule is COc1cccc(NC(=O)N(c2ccc(-c3cccc(C#N)c3)cc2)C2CCN(C3CCCC3)CC2)c1. The largest absolute Gasteiger partial charge is 0.497 e. The zero-order valence-electron chi connectivity index (χ0n) is 21.4. The van der Waals surface area contributed by atoms with Crippen molar-refractivity contribution in [1.29, 1.82) is 5.26 Å². The number of methoxy groups -OCH3 is 1. The molecule has 2 amide bonds. The van der Waals surface area contributed by atoms with Gasteiger partial charge in [-0.3, -0.25) is 4.90 Å². The van der Waals surface area contributed by atoms with Gasteiger partial charge in [0.25, 0.3) is 0 Å². The number of piperidine rings is 1. The molecule has 190 valence electrons. The molecule has 0 aromatic heterocycles. The number of amides is 2. The number of rotatable bonds is 6. The molecule has 1 aliphatic carbocycles. The van der Waals surface area contributed by atoms with Crippen LogP contribution in [0.5, 0.6) is 5.75 Å². The van der Waals surface area contributed by atoms with Gasteiger partial charge in [0.15, 0.2) is 0 Å². The lowest BCUT2D eigenvalue weighted by molar-refractivity contribution is 0.153. The Bertz CT molecular complexity index is 1250. The molecule has 3 aromatic rings. The summed E-state index contributed by atoms with van der Waals surface area (Å²) < 4.78 is 5.34. The van der Waals surface area contributed by atoms with E-state index >= 15 is 0 Å². The van der Waals surface area contributed by atoms with Gasteiger partial charge in [0.05, 0.1) is 18.7 Å². The van der Waals surface area contributed by atoms with Crippen LogP contribution >= 0.6 is 0 Å². The molecule has 0 atom stereocenters. The highest BCUT2D eigenvalue weighted by molar-refractivity contribution is 6.02. The van der Waals surface area contributed by atoms with E-state index in [1.54, 1.807) is 13.2 Å². The maximum atomic E-state index is 13.7. The maximum Gasteiger partial charge on any atom is 0.326 e. The first kappa shape index (κ1) is 24.9. The number of carbonyl (C=O) groups excluding carboxylic acids is 1. The molecule has 1 saturated heterocycles. The van der Waals surface area contributed by atoms with Crippen molar-refractivity contribution in [3.8, 4) is 22.9 Å². The second-order valence-electron chi connectivity index (χ2n) is 9.98. The van der Waals surface area contributed by atoms with Gasteiger partial charge in [-0.05, 0) is 73.2 Å². The maximum absolute atomic E-state index is 13.7. The molecule has 0 radical (unpaired) electrons. The Labute approximate surface area is 219 Å². The highest BCUT2D eigenvalue weighted by atomic mass is 16.5. The zero-order chi connectivity index (χ0) is 25.6. The Hall–Kier alpha value is -3.82. The fourth-order valence-electron chi connectivity index (χ4n) is 5.74. The van der Waals surface area contributed by atoms with Crippen molar-refractivity contribution in [3.05, 3.63) is 78.4 Å². The molecule has 6 heteroatoms. The molecule has 6 nitrogen and oxygen atoms in total. The first-order chi connectivity index (χ1) is 18.1. The minimum absolute atomic E-state index is 0.121. The van der Waals surface area contributed by atoms with Crippen LogP contribution in [0.4, 0.5) is 16.2 Å². The van der Waals surface area contributed by atoms with E-state index in [-0.39, 0.29) is 12.1 Å². The second kappa shape index (κ2) is 11.5. The van der Waals surface area contributed by atoms with Gasteiger partial charge in [-0.25, -0.2) is 4.79 Å². The molecule has 0 unspecified atom stereocenters. The number of ether oxygens (including phenoxy) is 1. The molecular weight excluding hydrogens is 460 g/mol. The minimum atomic E-state index is -0.133. The second-order valence-corrected chi connectivity index (χ2v) is 9.98. The summed E-state index contributed by atoms with van der Waals surface area (Å²) in [7, 11) is 1.62. The van der Waals surface area contributed by atoms with Gasteiger partial charge < -0.3 is 15.0 Å². The number of hydrogen-bond acceptors (Lipinski definition) is 4. The number of benzene rings is 3. The van der Waals surface area contributed by atoms with Crippen molar-refractivity contribution in [2.45, 2.75) is 50.6 Å². The van der Waals surface area contributed by atoms with Crippen LogP contribution in [0.15, 0.2) is 72.8 Å². The number of likely N-dealkylation sites (tertiary alicyclic amines) is 1. The highest BCUT2D eigenvalue weighted by Crippen LogP contribution is 2.31. The summed E-state index contributed by atoms with van der Waals surface area (Å²) in [6.07, 6.45) is 7.19. The summed E-state index contributed by atoms with van der Waals surface area (Å²) in [4.78, 5) is 18.3. The van der Waals surface area contributed by atoms with E-state index in [0.29, 0.717) is 23.0 Å². The summed E-state index contributed by atoms with van der Waals surface area (Å²) in [6.45, 7) is 2.05. The van der Waals surface area contributed by atoms with E-state index in [1.165, 1.54) is 25.7 Å². The lowest BCUT2D eigenvalue weighted by atomic mass is 9.99. The zero-order valence-corrected chi connectivity index (χ0v) is 21.4. The van der Waals surface area contributed by atoms with Crippen molar-refractivity contribution < 1.29 is 9.53 Å². The average Bonchev–Trinajstić information content (AvgIpc) is 3.49. The summed E-state index contributed by atoms with van der Waals surface area (Å²) in [5, 5.41) is 12.4. The smallest absolute Gasteiger partial charge is 0.326 e. The van der Waals surface area contributed by atoms with Gasteiger partial charge in [0.2, 0.25) is 0 Å². The number of nitriles is 1. The van der Waals surface area contributed by atoms with Gasteiger partial charge >= 0.3 is 6.03 Å². The Kier molecular flexibility index (Phi) is 7.72. The van der Waals surface area contributed by atoms with E-state index in [9.17, 15) is 10.1 Å². The van der Waals surface area contributed by atoms with Gasteiger partial charge in [-0.1, -0.05) is 43.2 Å². The minimum Gasteiger partial charge on any atom is -0.497 e. The Morgan fingerprint density at radius 3 is 2.38 bits per heavy atom. The number of carbonyl (C=O) groups is 1. The van der Waals surface area contributed by atoms with Crippen LogP contribution < -0.4 is 15.0 Å². The van der Waals surface area contributed by atoms with E-state index < -0.39 is 0 Å². The lowest BCUT2D eigenvalue weighted by Gasteiger charge is -2.40. The van der Waals surface area contributed by atoms with Crippen LogP contribution in [0.3, 0.4) is 0 Å². The molecule has 0 bridgehead atoms. The van der Waals surface area contributed by atoms with Gasteiger partial charge in [-0.2, -0.15) is 5.26 Å². The van der Waals surface area contributed by atoms with E-state index in [0.717, 1.165) is 42.7 Å². The van der Waals surface area contributed by atoms with Crippen LogP contribution in [0.1, 0.15) is 44.1 Å². The van der Waals surface area contributed by atoms with E-state index in [4.69, 9.17) is 4.74 Å². The van der Waals surface area contributed by atoms with Crippen LogP contribution in [0.2, 0.25) is 0 Å². The molecule has 5 rings (SSSR count). The van der Waals surface area contributed by atoms with Crippen LogP contribution in [0.25, 0.3) is 11.1 Å². The molecule has 37 heavy (non-hydrogen) atoms. The van der Waals surface area contributed by atoms with Gasteiger partial charge in [0, 0.05) is 42.6 Å². The van der Waals surface area contributed by atoms with Crippen molar-refractivity contribution in [2.75, 3.05) is 30.4 Å². The number of urea groups is 1. The number of nitrogens with one attached hydrogen (secondary N) is 1. The standard InChI is InChI=1S/C31H34N4O2/c1-37-30-11-5-8-26(21-30)33-31(36)35(29-16-18-34(19-17-29)27-9-2-3-10-27)28-14-12-24(13-15-28)25-7-4-6-23(20-25)22-32/h4-8,11-15,20-21,27,29H,2-3,9-10,16-19H2,1H3,(H,33,36). The highest BCUT2D eigenvalue weighted by Gasteiger charge is 2.32. The summed E-state index contributed by atoms with van der Waals surface area (Å²) in [5.74, 6) is 0.707. The normalized spacial score (nSPS) is 16.8. The third-order valence-corrected chi connectivity index (χ3v) is 7.72. The summed E-state index contributed by atoms with van der Waals surface area (Å²) in [6, 6.07) is 26.1. The Morgan fingerprint density at radius 2 is 1.68 bits per heavy atom. The Balaban J connectivity index is 1.38. The summed E-state index contributed by atoms with van der Waals surface area (Å²) >= 11 is 0. The van der Waals surface area contributed by atoms with E-state index in [1.807, 2.05) is 71.6 Å². The fraction of sp³-hybridized carbons (Fsp3) is 0.355. The predicted molar refractivity (Wildman–Crippen MR) is 148 cm³/mol. The average molecular weight is 495 g/mol. The van der Waals surface area contributed by atoms with Gasteiger partial charge in [0.1, 0.15) is 5.75 Å². The molecule has 2 fully saturated rings. The monoisotopic (exact) mass is 494 g/mol. The van der Waals surface area contributed by atoms with Crippen molar-refractivity contribution in [1.82, 2.24) is 4.90 Å². The van der Waals surface area contributed by atoms with Crippen molar-refractivity contribution >= 4 is 17.4 Å². The quantitative estimate of drug-likeness (QED) is 0.415. The lowest BCUT2D eigenvalue weighted by Crippen LogP contribution is -2.50.